The van der Waals surface area contributed by atoms with Crippen molar-refractivity contribution in [2.75, 3.05) is 19.8 Å². The molecule has 0 aliphatic carbocycles. The molecule has 0 radical (unpaired) electrons. The lowest BCUT2D eigenvalue weighted by Gasteiger charge is -2.20. The fraction of sp³-hybridized carbons (Fsp3) is 0.308. The van der Waals surface area contributed by atoms with Gasteiger partial charge in [-0.25, -0.2) is 0 Å². The Hall–Kier alpha value is -3.30. The molecule has 2 aromatic rings. The lowest BCUT2D eigenvalue weighted by Crippen LogP contribution is -2.35. The van der Waals surface area contributed by atoms with E-state index in [1.165, 1.54) is 16.8 Å². The van der Waals surface area contributed by atoms with E-state index in [4.69, 9.17) is 31.2 Å². The van der Waals surface area contributed by atoms with Gasteiger partial charge in [-0.05, 0) is 79.9 Å². The Bertz CT molecular complexity index is 1310. The van der Waals surface area contributed by atoms with E-state index in [9.17, 15) is 4.79 Å². The number of halogens is 1. The Balaban J connectivity index is 1.52. The second kappa shape index (κ2) is 11.2. The number of ether oxygens (including phenoxy) is 3. The van der Waals surface area contributed by atoms with Gasteiger partial charge in [0, 0.05) is 0 Å². The summed E-state index contributed by atoms with van der Waals surface area (Å²) in [6.45, 7) is 8.82. The molecule has 0 saturated carbocycles. The summed E-state index contributed by atoms with van der Waals surface area (Å²) in [5.74, 6) is 1.12. The number of thioether (sulfide) groups is 1. The van der Waals surface area contributed by atoms with E-state index < -0.39 is 5.91 Å². The number of amides is 1. The summed E-state index contributed by atoms with van der Waals surface area (Å²) in [5, 5.41) is 15.8. The van der Waals surface area contributed by atoms with Crippen molar-refractivity contribution < 1.29 is 19.0 Å². The number of hydrogen-bond donors (Lipinski definition) is 1. The van der Waals surface area contributed by atoms with Crippen LogP contribution in [-0.4, -0.2) is 46.8 Å². The standard InChI is InChI=1S/C26H27ClN4O4S/c1-5-22-30-31-24(28)18(25(32)29-26(31)36-22)12-17-13-19(27)23(21(14-17)33-6-2)35-10-9-34-20-11-15(3)7-8-16(20)4/h7-8,11-14,28H,5-6,9-10H2,1-4H3/b18-12-,28-24?. The van der Waals surface area contributed by atoms with Gasteiger partial charge in [-0.1, -0.05) is 30.7 Å². The van der Waals surface area contributed by atoms with Crippen molar-refractivity contribution in [3.63, 3.8) is 0 Å². The van der Waals surface area contributed by atoms with Gasteiger partial charge in [-0.15, -0.1) is 0 Å². The van der Waals surface area contributed by atoms with Crippen LogP contribution in [0.4, 0.5) is 0 Å². The highest BCUT2D eigenvalue weighted by atomic mass is 35.5. The molecule has 1 N–H and O–H groups in total. The van der Waals surface area contributed by atoms with Gasteiger partial charge in [0.15, 0.2) is 17.3 Å². The molecular formula is C26H27ClN4O4S. The van der Waals surface area contributed by atoms with Crippen LogP contribution in [0.2, 0.25) is 5.02 Å². The van der Waals surface area contributed by atoms with Gasteiger partial charge in [0.05, 0.1) is 17.2 Å². The van der Waals surface area contributed by atoms with E-state index in [1.807, 2.05) is 45.9 Å². The number of carbonyl (C=O) groups is 1. The summed E-state index contributed by atoms with van der Waals surface area (Å²) in [7, 11) is 0. The Kier molecular flexibility index (Phi) is 8.01. The van der Waals surface area contributed by atoms with Crippen LogP contribution < -0.4 is 14.2 Å². The minimum atomic E-state index is -0.496. The zero-order valence-electron chi connectivity index (χ0n) is 20.6. The van der Waals surface area contributed by atoms with Crippen LogP contribution in [0.25, 0.3) is 6.08 Å². The van der Waals surface area contributed by atoms with Gasteiger partial charge < -0.3 is 14.2 Å². The van der Waals surface area contributed by atoms with Crippen molar-refractivity contribution in [3.05, 3.63) is 57.6 Å². The Labute approximate surface area is 219 Å². The molecule has 0 unspecified atom stereocenters. The number of aliphatic imine (C=N–C) groups is 1. The second-order valence-electron chi connectivity index (χ2n) is 8.10. The van der Waals surface area contributed by atoms with Crippen LogP contribution in [0, 0.1) is 19.3 Å². The number of benzene rings is 2. The van der Waals surface area contributed by atoms with Gasteiger partial charge >= 0.3 is 0 Å². The normalized spacial score (nSPS) is 16.1. The number of fused-ring (bicyclic) bond motifs is 1. The van der Waals surface area contributed by atoms with Crippen molar-refractivity contribution in [2.24, 2.45) is 10.1 Å². The van der Waals surface area contributed by atoms with E-state index in [1.54, 1.807) is 18.2 Å². The monoisotopic (exact) mass is 526 g/mol. The molecule has 2 heterocycles. The number of carbonyl (C=O) groups excluding carboxylic acids is 1. The highest BCUT2D eigenvalue weighted by Crippen LogP contribution is 2.38. The molecule has 10 heteroatoms. The van der Waals surface area contributed by atoms with Crippen molar-refractivity contribution in [1.29, 1.82) is 5.41 Å². The highest BCUT2D eigenvalue weighted by molar-refractivity contribution is 8.26. The SMILES string of the molecule is CCOc1cc(/C=C2/C(=N)N3N=C(CC)SC3=NC2=O)cc(Cl)c1OCCOc1cc(C)ccc1C. The molecule has 2 aliphatic heterocycles. The smallest absolute Gasteiger partial charge is 0.283 e. The predicted molar refractivity (Wildman–Crippen MR) is 145 cm³/mol. The topological polar surface area (TPSA) is 96.6 Å². The predicted octanol–water partition coefficient (Wildman–Crippen LogP) is 5.84. The van der Waals surface area contributed by atoms with Crippen molar-refractivity contribution in [3.8, 4) is 17.2 Å². The maximum atomic E-state index is 12.7. The molecular weight excluding hydrogens is 500 g/mol. The molecule has 0 saturated heterocycles. The van der Waals surface area contributed by atoms with Crippen LogP contribution >= 0.6 is 23.4 Å². The average Bonchev–Trinajstić information content (AvgIpc) is 3.26. The summed E-state index contributed by atoms with van der Waals surface area (Å²) in [6.07, 6.45) is 2.27. The summed E-state index contributed by atoms with van der Waals surface area (Å²) in [4.78, 5) is 16.8. The number of nitrogens with zero attached hydrogens (tertiary/aromatic N) is 3. The Morgan fingerprint density at radius 1 is 1.08 bits per heavy atom. The molecule has 0 fully saturated rings. The van der Waals surface area contributed by atoms with Gasteiger partial charge in [0.25, 0.3) is 5.91 Å². The zero-order chi connectivity index (χ0) is 25.8. The van der Waals surface area contributed by atoms with E-state index >= 15 is 0 Å². The minimum absolute atomic E-state index is 0.0288. The third-order valence-corrected chi connectivity index (χ3v) is 6.71. The van der Waals surface area contributed by atoms with Crippen LogP contribution in [0.15, 0.2) is 46.0 Å². The molecule has 2 aromatic carbocycles. The van der Waals surface area contributed by atoms with Crippen LogP contribution in [0.5, 0.6) is 17.2 Å². The van der Waals surface area contributed by atoms with Crippen LogP contribution in [-0.2, 0) is 4.79 Å². The first-order valence-corrected chi connectivity index (χ1v) is 12.8. The third-order valence-electron chi connectivity index (χ3n) is 5.37. The summed E-state index contributed by atoms with van der Waals surface area (Å²) in [5.41, 5.74) is 2.88. The first-order chi connectivity index (χ1) is 17.3. The Morgan fingerprint density at radius 3 is 2.61 bits per heavy atom. The first-order valence-electron chi connectivity index (χ1n) is 11.6. The maximum absolute atomic E-state index is 12.7. The number of hydrazone groups is 1. The van der Waals surface area contributed by atoms with Gasteiger partial charge in [0.2, 0.25) is 5.17 Å². The fourth-order valence-electron chi connectivity index (χ4n) is 3.57. The molecule has 36 heavy (non-hydrogen) atoms. The first kappa shape index (κ1) is 25.8. The zero-order valence-corrected chi connectivity index (χ0v) is 22.1. The largest absolute Gasteiger partial charge is 0.490 e. The van der Waals surface area contributed by atoms with Gasteiger partial charge in [-0.3, -0.25) is 10.2 Å². The molecule has 0 spiro atoms. The quantitative estimate of drug-likeness (QED) is 0.325. The number of rotatable bonds is 9. The van der Waals surface area contributed by atoms with Crippen LogP contribution in [0.1, 0.15) is 37.0 Å². The minimum Gasteiger partial charge on any atom is -0.490 e. The van der Waals surface area contributed by atoms with Crippen molar-refractivity contribution in [1.82, 2.24) is 5.01 Å². The average molecular weight is 527 g/mol. The lowest BCUT2D eigenvalue weighted by molar-refractivity contribution is -0.114. The molecule has 2 aliphatic rings. The van der Waals surface area contributed by atoms with Gasteiger partial charge in [0.1, 0.15) is 24.0 Å². The van der Waals surface area contributed by atoms with E-state index in [0.29, 0.717) is 46.9 Å². The molecule has 0 atom stereocenters. The molecule has 8 nitrogen and oxygen atoms in total. The van der Waals surface area contributed by atoms with E-state index in [2.05, 4.69) is 10.1 Å². The van der Waals surface area contributed by atoms with Crippen molar-refractivity contribution in [2.45, 2.75) is 34.1 Å². The van der Waals surface area contributed by atoms with Crippen molar-refractivity contribution >= 4 is 51.4 Å². The maximum Gasteiger partial charge on any atom is 0.283 e. The molecule has 4 rings (SSSR count). The highest BCUT2D eigenvalue weighted by Gasteiger charge is 2.35. The van der Waals surface area contributed by atoms with E-state index in [0.717, 1.165) is 21.9 Å². The number of aryl methyl sites for hydroxylation is 2. The summed E-state index contributed by atoms with van der Waals surface area (Å²) in [6, 6.07) is 9.43. The molecule has 188 valence electrons. The molecule has 0 bridgehead atoms. The number of nitrogens with one attached hydrogen (secondary N) is 1. The summed E-state index contributed by atoms with van der Waals surface area (Å²) >= 11 is 7.86. The second-order valence-corrected chi connectivity index (χ2v) is 9.54. The fourth-order valence-corrected chi connectivity index (χ4v) is 4.67. The molecule has 1 amide bonds. The van der Waals surface area contributed by atoms with Crippen LogP contribution in [0.3, 0.4) is 0 Å². The third kappa shape index (κ3) is 5.57. The van der Waals surface area contributed by atoms with E-state index in [-0.39, 0.29) is 18.0 Å². The lowest BCUT2D eigenvalue weighted by atomic mass is 10.1. The molecule has 0 aromatic heterocycles. The Morgan fingerprint density at radius 2 is 1.86 bits per heavy atom. The van der Waals surface area contributed by atoms with Gasteiger partial charge in [-0.2, -0.15) is 15.1 Å². The number of hydrogen-bond acceptors (Lipinski definition) is 7. The number of amidine groups is 2. The summed E-state index contributed by atoms with van der Waals surface area (Å²) < 4.78 is 17.6.